The lowest BCUT2D eigenvalue weighted by molar-refractivity contribution is -0.137. The number of rotatable bonds is 8. The highest BCUT2D eigenvalue weighted by Crippen LogP contribution is 2.33. The fraction of sp³-hybridized carbons (Fsp3) is 0.261. The zero-order valence-electron chi connectivity index (χ0n) is 17.9. The number of benzene rings is 1. The van der Waals surface area contributed by atoms with Gasteiger partial charge in [-0.25, -0.2) is 4.98 Å². The Labute approximate surface area is 204 Å². The van der Waals surface area contributed by atoms with Crippen molar-refractivity contribution in [2.75, 3.05) is 6.54 Å². The molecule has 7 nitrogen and oxygen atoms in total. The van der Waals surface area contributed by atoms with Crippen molar-refractivity contribution in [2.24, 2.45) is 7.05 Å². The number of carbonyl (C=O) groups is 2. The number of nitrogens with zero attached hydrogens (tertiary/aromatic N) is 3. The summed E-state index contributed by atoms with van der Waals surface area (Å²) >= 11 is 8.08. The molecule has 2 aromatic heterocycles. The summed E-state index contributed by atoms with van der Waals surface area (Å²) in [6, 6.07) is 11.7. The van der Waals surface area contributed by atoms with Crippen molar-refractivity contribution in [2.45, 2.75) is 25.7 Å². The molecule has 0 spiro atoms. The van der Waals surface area contributed by atoms with Crippen LogP contribution in [0.3, 0.4) is 0 Å². The van der Waals surface area contributed by atoms with Crippen molar-refractivity contribution >= 4 is 67.8 Å². The van der Waals surface area contributed by atoms with E-state index in [1.54, 1.807) is 11.0 Å². The smallest absolute Gasteiger partial charge is 0.303 e. The van der Waals surface area contributed by atoms with Crippen LogP contribution in [-0.2, 0) is 16.6 Å². The van der Waals surface area contributed by atoms with E-state index in [1.165, 1.54) is 23.1 Å². The minimum Gasteiger partial charge on any atom is -0.481 e. The molecule has 1 amide bonds. The molecule has 1 aliphatic rings. The molecule has 0 saturated carbocycles. The number of carbonyl (C=O) groups excluding carboxylic acids is 1. The molecule has 3 aromatic rings. The van der Waals surface area contributed by atoms with Crippen LogP contribution in [0.4, 0.5) is 0 Å². The molecule has 0 aliphatic carbocycles. The topological polar surface area (TPSA) is 99.3 Å². The summed E-state index contributed by atoms with van der Waals surface area (Å²) < 4.78 is 3.39. The SMILES string of the molecule is Cn1c(=N)sc2cc(-c3cccc(/C=C4\SC(=S)N(CCCCCC(=O)O)C4=O)n3)ccc21. The number of amides is 1. The van der Waals surface area contributed by atoms with Gasteiger partial charge in [0.05, 0.1) is 26.5 Å². The Hall–Kier alpha value is -2.82. The molecule has 0 radical (unpaired) electrons. The van der Waals surface area contributed by atoms with Gasteiger partial charge >= 0.3 is 5.97 Å². The van der Waals surface area contributed by atoms with Gasteiger partial charge in [-0.2, -0.15) is 0 Å². The normalized spacial score (nSPS) is 15.2. The van der Waals surface area contributed by atoms with Crippen LogP contribution in [0.25, 0.3) is 27.6 Å². The largest absolute Gasteiger partial charge is 0.481 e. The quantitative estimate of drug-likeness (QED) is 0.267. The molecule has 0 atom stereocenters. The molecule has 0 unspecified atom stereocenters. The highest BCUT2D eigenvalue weighted by Gasteiger charge is 2.31. The van der Waals surface area contributed by atoms with Gasteiger partial charge in [0.2, 0.25) is 0 Å². The lowest BCUT2D eigenvalue weighted by Crippen LogP contribution is -2.29. The number of nitrogens with one attached hydrogen (secondary N) is 1. The highest BCUT2D eigenvalue weighted by atomic mass is 32.2. The van der Waals surface area contributed by atoms with Crippen molar-refractivity contribution in [3.8, 4) is 11.3 Å². The fourth-order valence-corrected chi connectivity index (χ4v) is 5.79. The fourth-order valence-electron chi connectivity index (χ4n) is 3.56. The average Bonchev–Trinajstić information content (AvgIpc) is 3.22. The molecule has 2 N–H and O–H groups in total. The van der Waals surface area contributed by atoms with E-state index in [2.05, 4.69) is 0 Å². The summed E-state index contributed by atoms with van der Waals surface area (Å²) in [5, 5.41) is 16.7. The second kappa shape index (κ2) is 9.98. The van der Waals surface area contributed by atoms with E-state index in [-0.39, 0.29) is 12.3 Å². The lowest BCUT2D eigenvalue weighted by Gasteiger charge is -2.13. The number of pyridine rings is 1. The summed E-state index contributed by atoms with van der Waals surface area (Å²) in [4.78, 5) is 30.8. The Bertz CT molecular complexity index is 1340. The van der Waals surface area contributed by atoms with E-state index in [1.807, 2.05) is 48.0 Å². The Morgan fingerprint density at radius 3 is 2.85 bits per heavy atom. The van der Waals surface area contributed by atoms with Crippen molar-refractivity contribution in [1.82, 2.24) is 14.5 Å². The third-order valence-electron chi connectivity index (χ3n) is 5.32. The van der Waals surface area contributed by atoms with Crippen LogP contribution in [0, 0.1) is 5.41 Å². The number of thiocarbonyl (C=S) groups is 1. The first kappa shape index (κ1) is 23.3. The van der Waals surface area contributed by atoms with Crippen LogP contribution in [0.2, 0.25) is 0 Å². The third kappa shape index (κ3) is 5.23. The number of unbranched alkanes of at least 4 members (excludes halogenated alkanes) is 2. The van der Waals surface area contributed by atoms with E-state index in [0.29, 0.717) is 39.1 Å². The first-order valence-corrected chi connectivity index (χ1v) is 12.5. The van der Waals surface area contributed by atoms with Crippen LogP contribution < -0.4 is 4.80 Å². The van der Waals surface area contributed by atoms with Crippen molar-refractivity contribution in [3.63, 3.8) is 0 Å². The molecule has 1 saturated heterocycles. The third-order valence-corrected chi connectivity index (χ3v) is 7.72. The first-order valence-electron chi connectivity index (χ1n) is 10.4. The highest BCUT2D eigenvalue weighted by molar-refractivity contribution is 8.26. The van der Waals surface area contributed by atoms with E-state index in [9.17, 15) is 9.59 Å². The summed E-state index contributed by atoms with van der Waals surface area (Å²) in [5.41, 5.74) is 3.43. The maximum absolute atomic E-state index is 12.8. The first-order chi connectivity index (χ1) is 15.8. The van der Waals surface area contributed by atoms with Crippen LogP contribution >= 0.6 is 35.3 Å². The van der Waals surface area contributed by atoms with Crippen LogP contribution in [-0.4, -0.2) is 42.3 Å². The minimum atomic E-state index is -0.802. The maximum Gasteiger partial charge on any atom is 0.303 e. The van der Waals surface area contributed by atoms with Gasteiger partial charge in [0, 0.05) is 25.6 Å². The Balaban J connectivity index is 1.49. The molecule has 3 heterocycles. The molecule has 0 bridgehead atoms. The van der Waals surface area contributed by atoms with Gasteiger partial charge in [0.25, 0.3) is 5.91 Å². The van der Waals surface area contributed by atoms with Crippen molar-refractivity contribution < 1.29 is 14.7 Å². The second-order valence-electron chi connectivity index (χ2n) is 7.63. The Kier molecular flexibility index (Phi) is 7.06. The summed E-state index contributed by atoms with van der Waals surface area (Å²) in [5.74, 6) is -0.936. The summed E-state index contributed by atoms with van der Waals surface area (Å²) in [6.07, 6.45) is 3.95. The van der Waals surface area contributed by atoms with Crippen LogP contribution in [0.1, 0.15) is 31.4 Å². The summed E-state index contributed by atoms with van der Waals surface area (Å²) in [6.45, 7) is 0.491. The van der Waals surface area contributed by atoms with Gasteiger partial charge < -0.3 is 9.67 Å². The number of hydrogen-bond acceptors (Lipinski definition) is 7. The standard InChI is InChI=1S/C23H22N4O3S3/c1-26-17-10-9-14(12-18(17)32-22(26)24)16-7-5-6-15(25-16)13-19-21(30)27(23(31)33-19)11-4-2-3-8-20(28)29/h5-7,9-10,12-13,24H,2-4,8,11H2,1H3,(H,28,29)/b19-13-,24-22?. The monoisotopic (exact) mass is 498 g/mol. The number of thiazole rings is 1. The number of fused-ring (bicyclic) bond motifs is 1. The number of hydrogen-bond donors (Lipinski definition) is 2. The van der Waals surface area contributed by atoms with Crippen molar-refractivity contribution in [1.29, 1.82) is 5.41 Å². The van der Waals surface area contributed by atoms with Gasteiger partial charge in [-0.3, -0.25) is 19.9 Å². The number of aliphatic carboxylic acids is 1. The van der Waals surface area contributed by atoms with Gasteiger partial charge in [-0.15, -0.1) is 0 Å². The minimum absolute atomic E-state index is 0.133. The molecular weight excluding hydrogens is 476 g/mol. The van der Waals surface area contributed by atoms with E-state index in [4.69, 9.17) is 27.7 Å². The molecule has 170 valence electrons. The number of carboxylic acids is 1. The van der Waals surface area contributed by atoms with Gasteiger partial charge in [-0.05, 0) is 43.2 Å². The summed E-state index contributed by atoms with van der Waals surface area (Å²) in [7, 11) is 1.88. The van der Waals surface area contributed by atoms with Crippen LogP contribution in [0.15, 0.2) is 41.3 Å². The molecule has 1 aromatic carbocycles. The number of aromatic nitrogens is 2. The Morgan fingerprint density at radius 1 is 1.24 bits per heavy atom. The number of carboxylic acid groups (broad SMARTS) is 1. The molecule has 10 heteroatoms. The average molecular weight is 499 g/mol. The predicted molar refractivity (Wildman–Crippen MR) is 136 cm³/mol. The van der Waals surface area contributed by atoms with E-state index >= 15 is 0 Å². The molecule has 33 heavy (non-hydrogen) atoms. The van der Waals surface area contributed by atoms with Gasteiger partial charge in [0.1, 0.15) is 4.32 Å². The maximum atomic E-state index is 12.8. The Morgan fingerprint density at radius 2 is 2.06 bits per heavy atom. The van der Waals surface area contributed by atoms with Gasteiger partial charge in [0.15, 0.2) is 4.80 Å². The zero-order valence-corrected chi connectivity index (χ0v) is 20.4. The molecule has 4 rings (SSSR count). The van der Waals surface area contributed by atoms with E-state index < -0.39 is 5.97 Å². The van der Waals surface area contributed by atoms with Gasteiger partial charge in [-0.1, -0.05) is 53.9 Å². The van der Waals surface area contributed by atoms with Crippen LogP contribution in [0.5, 0.6) is 0 Å². The molecular formula is C23H22N4O3S3. The second-order valence-corrected chi connectivity index (χ2v) is 10.3. The van der Waals surface area contributed by atoms with Crippen molar-refractivity contribution in [3.05, 3.63) is 51.8 Å². The lowest BCUT2D eigenvalue weighted by atomic mass is 10.1. The molecule has 1 aliphatic heterocycles. The predicted octanol–water partition coefficient (Wildman–Crippen LogP) is 4.63. The number of aryl methyl sites for hydroxylation is 1. The van der Waals surface area contributed by atoms with E-state index in [0.717, 1.165) is 27.9 Å². The molecule has 1 fully saturated rings. The zero-order chi connectivity index (χ0) is 23.5. The number of thioether (sulfide) groups is 1.